The molecule has 3 aromatic heterocycles. The third-order valence-corrected chi connectivity index (χ3v) is 3.62. The summed E-state index contributed by atoms with van der Waals surface area (Å²) in [6.07, 6.45) is 0. The number of anilines is 1. The van der Waals surface area contributed by atoms with Gasteiger partial charge in [0.15, 0.2) is 5.82 Å². The van der Waals surface area contributed by atoms with Gasteiger partial charge in [0, 0.05) is 5.69 Å². The molecule has 0 aliphatic carbocycles. The molecule has 3 heterocycles. The first kappa shape index (κ1) is 11.9. The van der Waals surface area contributed by atoms with Crippen LogP contribution in [0, 0.1) is 13.8 Å². The van der Waals surface area contributed by atoms with E-state index in [1.54, 1.807) is 6.07 Å². The molecule has 1 N–H and O–H groups in total. The molecule has 0 spiro atoms. The van der Waals surface area contributed by atoms with Gasteiger partial charge in [-0.05, 0) is 36.9 Å². The van der Waals surface area contributed by atoms with Gasteiger partial charge in [0.05, 0.1) is 10.3 Å². The maximum absolute atomic E-state index is 12.0. The van der Waals surface area contributed by atoms with Crippen LogP contribution >= 0.6 is 11.3 Å². The van der Waals surface area contributed by atoms with E-state index in [1.165, 1.54) is 11.3 Å². The van der Waals surface area contributed by atoms with Crippen LogP contribution in [0.2, 0.25) is 0 Å². The van der Waals surface area contributed by atoms with Crippen LogP contribution in [0.25, 0.3) is 11.1 Å². The third kappa shape index (κ3) is 2.10. The Morgan fingerprint density at radius 1 is 1.42 bits per heavy atom. The van der Waals surface area contributed by atoms with Gasteiger partial charge in [0.1, 0.15) is 0 Å². The minimum Gasteiger partial charge on any atom is -0.334 e. The summed E-state index contributed by atoms with van der Waals surface area (Å²) in [5.41, 5.74) is 2.28. The van der Waals surface area contributed by atoms with Crippen molar-refractivity contribution in [2.45, 2.75) is 13.8 Å². The lowest BCUT2D eigenvalue weighted by Crippen LogP contribution is -2.10. The van der Waals surface area contributed by atoms with Gasteiger partial charge in [0.2, 0.25) is 0 Å². The Balaban J connectivity index is 2.00. The second kappa shape index (κ2) is 4.47. The number of nitrogens with one attached hydrogen (secondary N) is 1. The number of pyridine rings is 1. The number of thiophene rings is 1. The Hall–Kier alpha value is -2.21. The average molecular weight is 273 g/mol. The van der Waals surface area contributed by atoms with E-state index in [1.807, 2.05) is 31.4 Å². The molecule has 0 unspecified atom stereocenters. The fraction of sp³-hybridized carbons (Fsp3) is 0.154. The Labute approximate surface area is 113 Å². The molecule has 0 fully saturated rings. The summed E-state index contributed by atoms with van der Waals surface area (Å²) < 4.78 is 5.16. The molecule has 5 nitrogen and oxygen atoms in total. The lowest BCUT2D eigenvalue weighted by atomic mass is 10.2. The molecule has 0 radical (unpaired) electrons. The smallest absolute Gasteiger partial charge is 0.266 e. The zero-order chi connectivity index (χ0) is 13.4. The van der Waals surface area contributed by atoms with E-state index in [0.717, 1.165) is 16.6 Å². The summed E-state index contributed by atoms with van der Waals surface area (Å²) in [5, 5.41) is 9.24. The minimum absolute atomic E-state index is 0.190. The summed E-state index contributed by atoms with van der Waals surface area (Å²) >= 11 is 1.38. The Kier molecular flexibility index (Phi) is 2.79. The van der Waals surface area contributed by atoms with Gasteiger partial charge in [-0.25, -0.2) is 4.98 Å². The van der Waals surface area contributed by atoms with Crippen molar-refractivity contribution in [3.8, 4) is 0 Å². The van der Waals surface area contributed by atoms with Gasteiger partial charge in [-0.1, -0.05) is 11.2 Å². The molecule has 3 rings (SSSR count). The van der Waals surface area contributed by atoms with E-state index < -0.39 is 0 Å². The largest absolute Gasteiger partial charge is 0.334 e. The van der Waals surface area contributed by atoms with Crippen molar-refractivity contribution >= 4 is 34.2 Å². The highest BCUT2D eigenvalue weighted by Gasteiger charge is 2.16. The number of carbonyl (C=O) groups is 1. The van der Waals surface area contributed by atoms with Crippen LogP contribution in [-0.4, -0.2) is 16.0 Å². The number of aromatic nitrogens is 2. The zero-order valence-electron chi connectivity index (χ0n) is 10.4. The van der Waals surface area contributed by atoms with Crippen LogP contribution in [0.15, 0.2) is 28.1 Å². The van der Waals surface area contributed by atoms with Crippen molar-refractivity contribution in [1.29, 1.82) is 0 Å². The summed E-state index contributed by atoms with van der Waals surface area (Å²) in [7, 11) is 0. The van der Waals surface area contributed by atoms with Crippen LogP contribution in [0.4, 0.5) is 5.82 Å². The van der Waals surface area contributed by atoms with Crippen LogP contribution in [0.1, 0.15) is 20.9 Å². The van der Waals surface area contributed by atoms with Crippen molar-refractivity contribution in [2.24, 2.45) is 0 Å². The maximum Gasteiger partial charge on any atom is 0.266 e. The predicted molar refractivity (Wildman–Crippen MR) is 73.6 cm³/mol. The van der Waals surface area contributed by atoms with E-state index in [9.17, 15) is 4.79 Å². The number of nitrogens with zero attached hydrogens (tertiary/aromatic N) is 2. The highest BCUT2D eigenvalue weighted by atomic mass is 32.1. The predicted octanol–water partition coefficient (Wildman–Crippen LogP) is 3.15. The second-order valence-electron chi connectivity index (χ2n) is 4.22. The van der Waals surface area contributed by atoms with Gasteiger partial charge in [-0.2, -0.15) is 0 Å². The van der Waals surface area contributed by atoms with Crippen molar-refractivity contribution in [3.63, 3.8) is 0 Å². The number of carbonyl (C=O) groups excluding carboxylic acids is 1. The molecule has 0 saturated heterocycles. The standard InChI is InChI=1S/C13H11N3O2S/c1-7-6-8(2)14-13-10(7)11(16-18-13)15-12(17)9-4-3-5-19-9/h3-6H,1-2H3,(H,15,16,17). The van der Waals surface area contributed by atoms with Gasteiger partial charge >= 0.3 is 0 Å². The summed E-state index contributed by atoms with van der Waals surface area (Å²) in [6, 6.07) is 5.52. The first-order chi connectivity index (χ1) is 9.15. The van der Waals surface area contributed by atoms with E-state index in [0.29, 0.717) is 16.4 Å². The lowest BCUT2D eigenvalue weighted by Gasteiger charge is -2.01. The highest BCUT2D eigenvalue weighted by molar-refractivity contribution is 7.12. The van der Waals surface area contributed by atoms with Gasteiger partial charge in [-0.3, -0.25) is 4.79 Å². The lowest BCUT2D eigenvalue weighted by molar-refractivity contribution is 0.103. The first-order valence-electron chi connectivity index (χ1n) is 5.73. The van der Waals surface area contributed by atoms with Gasteiger partial charge < -0.3 is 9.84 Å². The SMILES string of the molecule is Cc1cc(C)c2c(NC(=O)c3cccs3)noc2n1. The average Bonchev–Trinajstić information content (AvgIpc) is 2.98. The fourth-order valence-electron chi connectivity index (χ4n) is 1.95. The van der Waals surface area contributed by atoms with Crippen molar-refractivity contribution in [3.05, 3.63) is 39.7 Å². The molecule has 19 heavy (non-hydrogen) atoms. The molecule has 0 aliphatic rings. The molecule has 0 saturated carbocycles. The van der Waals surface area contributed by atoms with Crippen molar-refractivity contribution in [2.75, 3.05) is 5.32 Å². The molecule has 0 bridgehead atoms. The maximum atomic E-state index is 12.0. The number of amides is 1. The Morgan fingerprint density at radius 3 is 3.00 bits per heavy atom. The van der Waals surface area contributed by atoms with Crippen LogP contribution in [-0.2, 0) is 0 Å². The number of aryl methyl sites for hydroxylation is 2. The number of hydrogen-bond acceptors (Lipinski definition) is 5. The molecule has 0 atom stereocenters. The molecular formula is C13H11N3O2S. The molecule has 1 amide bonds. The van der Waals surface area contributed by atoms with E-state index in [-0.39, 0.29) is 5.91 Å². The van der Waals surface area contributed by atoms with E-state index in [2.05, 4.69) is 15.5 Å². The van der Waals surface area contributed by atoms with Crippen LogP contribution < -0.4 is 5.32 Å². The summed E-state index contributed by atoms with van der Waals surface area (Å²) in [4.78, 5) is 16.9. The van der Waals surface area contributed by atoms with Crippen molar-refractivity contribution in [1.82, 2.24) is 10.1 Å². The monoisotopic (exact) mass is 273 g/mol. The quantitative estimate of drug-likeness (QED) is 0.778. The number of hydrogen-bond donors (Lipinski definition) is 1. The van der Waals surface area contributed by atoms with Crippen LogP contribution in [0.3, 0.4) is 0 Å². The second-order valence-corrected chi connectivity index (χ2v) is 5.17. The normalized spacial score (nSPS) is 10.8. The molecule has 6 heteroatoms. The molecule has 3 aromatic rings. The fourth-order valence-corrected chi connectivity index (χ4v) is 2.57. The van der Waals surface area contributed by atoms with E-state index in [4.69, 9.17) is 4.52 Å². The van der Waals surface area contributed by atoms with Gasteiger partial charge in [-0.15, -0.1) is 11.3 Å². The topological polar surface area (TPSA) is 68.0 Å². The van der Waals surface area contributed by atoms with Crippen LogP contribution in [0.5, 0.6) is 0 Å². The summed E-state index contributed by atoms with van der Waals surface area (Å²) in [6.45, 7) is 3.83. The molecule has 0 aliphatic heterocycles. The molecular weight excluding hydrogens is 262 g/mol. The molecule has 96 valence electrons. The van der Waals surface area contributed by atoms with Crippen molar-refractivity contribution < 1.29 is 9.32 Å². The summed E-state index contributed by atoms with van der Waals surface area (Å²) in [5.74, 6) is 0.226. The minimum atomic E-state index is -0.190. The Morgan fingerprint density at radius 2 is 2.26 bits per heavy atom. The zero-order valence-corrected chi connectivity index (χ0v) is 11.2. The highest BCUT2D eigenvalue weighted by Crippen LogP contribution is 2.26. The first-order valence-corrected chi connectivity index (χ1v) is 6.61. The third-order valence-electron chi connectivity index (χ3n) is 2.75. The molecule has 0 aromatic carbocycles. The number of rotatable bonds is 2. The van der Waals surface area contributed by atoms with E-state index >= 15 is 0 Å². The van der Waals surface area contributed by atoms with Gasteiger partial charge in [0.25, 0.3) is 11.6 Å². The Bertz CT molecular complexity index is 747. The number of fused-ring (bicyclic) bond motifs is 1.